The van der Waals surface area contributed by atoms with Gasteiger partial charge in [0, 0.05) is 6.08 Å². The molecule has 0 aromatic heterocycles. The van der Waals surface area contributed by atoms with E-state index in [9.17, 15) is 9.59 Å². The van der Waals surface area contributed by atoms with Crippen LogP contribution in [0.1, 0.15) is 6.92 Å². The van der Waals surface area contributed by atoms with Crippen molar-refractivity contribution in [1.82, 2.24) is 0 Å². The van der Waals surface area contributed by atoms with E-state index in [-0.39, 0.29) is 0 Å². The second-order valence-electron chi connectivity index (χ2n) is 2.87. The van der Waals surface area contributed by atoms with Gasteiger partial charge in [-0.2, -0.15) is 5.26 Å². The van der Waals surface area contributed by atoms with Crippen molar-refractivity contribution in [3.8, 4) is 6.07 Å². The fourth-order valence-electron chi connectivity index (χ4n) is 1.09. The average Bonchev–Trinajstić information content (AvgIpc) is 2.25. The number of carbonyl (C=O) groups is 2. The van der Waals surface area contributed by atoms with Crippen LogP contribution in [0.2, 0.25) is 0 Å². The van der Waals surface area contributed by atoms with Gasteiger partial charge in [-0.3, -0.25) is 9.59 Å². The van der Waals surface area contributed by atoms with Gasteiger partial charge < -0.3 is 9.47 Å². The normalized spacial score (nSPS) is 12.2. The van der Waals surface area contributed by atoms with Crippen LogP contribution in [0.5, 0.6) is 0 Å². The van der Waals surface area contributed by atoms with E-state index in [0.717, 1.165) is 0 Å². The first-order valence-electron chi connectivity index (χ1n) is 4.30. The fraction of sp³-hybridized carbons (Fsp3) is 0.500. The van der Waals surface area contributed by atoms with Gasteiger partial charge in [-0.15, -0.1) is 0 Å². The molecule has 82 valence electrons. The number of hydrogen-bond donors (Lipinski definition) is 0. The minimum atomic E-state index is -1.02. The van der Waals surface area contributed by atoms with Crippen LogP contribution >= 0.6 is 0 Å². The lowest BCUT2D eigenvalue weighted by molar-refractivity contribution is -0.160. The van der Waals surface area contributed by atoms with Crippen LogP contribution in [0, 0.1) is 23.2 Å². The quantitative estimate of drug-likeness (QED) is 0.388. The van der Waals surface area contributed by atoms with Gasteiger partial charge in [0.15, 0.2) is 5.92 Å². The molecule has 1 atom stereocenters. The highest BCUT2D eigenvalue weighted by molar-refractivity contribution is 5.95. The van der Waals surface area contributed by atoms with E-state index >= 15 is 0 Å². The number of nitriles is 1. The molecule has 0 spiro atoms. The second kappa shape index (κ2) is 6.60. The molecule has 0 aromatic rings. The number of allylic oxidation sites excluding steroid dienone is 2. The lowest BCUT2D eigenvalue weighted by Crippen LogP contribution is -2.31. The predicted molar refractivity (Wildman–Crippen MR) is 51.4 cm³/mol. The summed E-state index contributed by atoms with van der Waals surface area (Å²) < 4.78 is 8.96. The van der Waals surface area contributed by atoms with E-state index in [4.69, 9.17) is 5.26 Å². The highest BCUT2D eigenvalue weighted by Gasteiger charge is 2.32. The molecule has 0 unspecified atom stereocenters. The van der Waals surface area contributed by atoms with Crippen LogP contribution in [0.25, 0.3) is 0 Å². The maximum Gasteiger partial charge on any atom is 0.320 e. The Morgan fingerprint density at radius 1 is 1.27 bits per heavy atom. The molecule has 0 rings (SSSR count). The first-order valence-corrected chi connectivity index (χ1v) is 4.30. The zero-order valence-electron chi connectivity index (χ0n) is 8.89. The monoisotopic (exact) mass is 211 g/mol. The third kappa shape index (κ3) is 3.81. The summed E-state index contributed by atoms with van der Waals surface area (Å²) in [5, 5.41) is 8.32. The maximum atomic E-state index is 11.3. The van der Waals surface area contributed by atoms with Crippen molar-refractivity contribution in [3.63, 3.8) is 0 Å². The van der Waals surface area contributed by atoms with Gasteiger partial charge >= 0.3 is 11.9 Å². The molecule has 0 saturated carbocycles. The summed E-state index contributed by atoms with van der Waals surface area (Å²) in [5.74, 6) is -2.80. The van der Waals surface area contributed by atoms with Crippen molar-refractivity contribution in [1.29, 1.82) is 5.26 Å². The lowest BCUT2D eigenvalue weighted by atomic mass is 9.94. The van der Waals surface area contributed by atoms with Crippen molar-refractivity contribution in [2.45, 2.75) is 6.92 Å². The Morgan fingerprint density at radius 2 is 1.73 bits per heavy atom. The second-order valence-corrected chi connectivity index (χ2v) is 2.87. The summed E-state index contributed by atoms with van der Waals surface area (Å²) in [5.41, 5.74) is 0. The molecule has 0 bridgehead atoms. The molecule has 0 aliphatic carbocycles. The minimum absolute atomic E-state index is 0.440. The molecule has 0 fully saturated rings. The number of rotatable bonds is 4. The van der Waals surface area contributed by atoms with E-state index in [1.54, 1.807) is 13.0 Å². The maximum absolute atomic E-state index is 11.3. The SMILES string of the molecule is COC(=O)C(C(=O)OC)[C@H](C)/C=C/C#N. The number of esters is 2. The third-order valence-corrected chi connectivity index (χ3v) is 1.91. The van der Waals surface area contributed by atoms with Gasteiger partial charge in [-0.25, -0.2) is 0 Å². The third-order valence-electron chi connectivity index (χ3n) is 1.91. The van der Waals surface area contributed by atoms with Crippen molar-refractivity contribution in [2.24, 2.45) is 11.8 Å². The molecule has 0 aliphatic rings. The standard InChI is InChI=1S/C10H13NO4/c1-7(5-4-6-11)8(9(12)14-2)10(13)15-3/h4-5,7-8H,1-3H3/b5-4+/t7-/m1/s1. The number of carbonyl (C=O) groups excluding carboxylic acids is 2. The number of ether oxygens (including phenoxy) is 2. The zero-order chi connectivity index (χ0) is 11.8. The summed E-state index contributed by atoms with van der Waals surface area (Å²) in [6.45, 7) is 1.63. The van der Waals surface area contributed by atoms with Gasteiger partial charge in [0.2, 0.25) is 0 Å². The largest absolute Gasteiger partial charge is 0.468 e. The number of hydrogen-bond acceptors (Lipinski definition) is 5. The molecule has 15 heavy (non-hydrogen) atoms. The Morgan fingerprint density at radius 3 is 2.07 bits per heavy atom. The molecule has 0 heterocycles. The first-order chi connectivity index (χ1) is 7.08. The Kier molecular flexibility index (Phi) is 5.79. The molecule has 0 saturated heterocycles. The van der Waals surface area contributed by atoms with Crippen LogP contribution in [-0.4, -0.2) is 26.2 Å². The van der Waals surface area contributed by atoms with Crippen LogP contribution in [0.4, 0.5) is 0 Å². The van der Waals surface area contributed by atoms with Gasteiger partial charge in [0.25, 0.3) is 0 Å². The molecule has 0 aromatic carbocycles. The fourth-order valence-corrected chi connectivity index (χ4v) is 1.09. The van der Waals surface area contributed by atoms with Crippen molar-refractivity contribution in [2.75, 3.05) is 14.2 Å². The van der Waals surface area contributed by atoms with Crippen LogP contribution in [0.15, 0.2) is 12.2 Å². The van der Waals surface area contributed by atoms with Gasteiger partial charge in [0.1, 0.15) is 0 Å². The van der Waals surface area contributed by atoms with E-state index in [0.29, 0.717) is 0 Å². The first kappa shape index (κ1) is 13.2. The number of nitrogens with zero attached hydrogens (tertiary/aromatic N) is 1. The summed E-state index contributed by atoms with van der Waals surface area (Å²) >= 11 is 0. The van der Waals surface area contributed by atoms with Crippen molar-refractivity contribution in [3.05, 3.63) is 12.2 Å². The molecular weight excluding hydrogens is 198 g/mol. The number of methoxy groups -OCH3 is 2. The van der Waals surface area contributed by atoms with Crippen LogP contribution in [-0.2, 0) is 19.1 Å². The average molecular weight is 211 g/mol. The highest BCUT2D eigenvalue weighted by atomic mass is 16.5. The molecular formula is C10H13NO4. The predicted octanol–water partition coefficient (Wildman–Crippen LogP) is 0.664. The summed E-state index contributed by atoms with van der Waals surface area (Å²) in [6, 6.07) is 1.78. The topological polar surface area (TPSA) is 76.4 Å². The Bertz CT molecular complexity index is 287. The van der Waals surface area contributed by atoms with Crippen molar-refractivity contribution < 1.29 is 19.1 Å². The molecule has 0 N–H and O–H groups in total. The van der Waals surface area contributed by atoms with E-state index in [2.05, 4.69) is 9.47 Å². The zero-order valence-corrected chi connectivity index (χ0v) is 8.89. The van der Waals surface area contributed by atoms with Gasteiger partial charge in [0.05, 0.1) is 20.3 Å². The summed E-state index contributed by atoms with van der Waals surface area (Å²) in [6.07, 6.45) is 2.67. The summed E-state index contributed by atoms with van der Waals surface area (Å²) in [4.78, 5) is 22.6. The van der Waals surface area contributed by atoms with Crippen LogP contribution < -0.4 is 0 Å². The highest BCUT2D eigenvalue weighted by Crippen LogP contribution is 2.16. The van der Waals surface area contributed by atoms with E-state index in [1.807, 2.05) is 0 Å². The Labute approximate surface area is 88.3 Å². The summed E-state index contributed by atoms with van der Waals surface area (Å²) in [7, 11) is 2.39. The Hall–Kier alpha value is -1.83. The minimum Gasteiger partial charge on any atom is -0.468 e. The molecule has 0 aliphatic heterocycles. The van der Waals surface area contributed by atoms with Gasteiger partial charge in [-0.1, -0.05) is 13.0 Å². The molecule has 5 nitrogen and oxygen atoms in total. The van der Waals surface area contributed by atoms with E-state index in [1.165, 1.54) is 26.4 Å². The Balaban J connectivity index is 4.79. The molecule has 0 radical (unpaired) electrons. The molecule has 0 amide bonds. The van der Waals surface area contributed by atoms with E-state index < -0.39 is 23.8 Å². The molecule has 5 heteroatoms. The van der Waals surface area contributed by atoms with Gasteiger partial charge in [-0.05, 0) is 5.92 Å². The van der Waals surface area contributed by atoms with Crippen molar-refractivity contribution >= 4 is 11.9 Å². The smallest absolute Gasteiger partial charge is 0.320 e. The van der Waals surface area contributed by atoms with Crippen LogP contribution in [0.3, 0.4) is 0 Å². The lowest BCUT2D eigenvalue weighted by Gasteiger charge is -2.15.